The summed E-state index contributed by atoms with van der Waals surface area (Å²) in [7, 11) is 0. The van der Waals surface area contributed by atoms with E-state index in [1.807, 2.05) is 24.5 Å². The first-order chi connectivity index (χ1) is 9.19. The summed E-state index contributed by atoms with van der Waals surface area (Å²) >= 11 is 0. The van der Waals surface area contributed by atoms with Crippen LogP contribution in [0.4, 0.5) is 0 Å². The number of aliphatic hydroxyl groups is 1. The molecule has 2 unspecified atom stereocenters. The van der Waals surface area contributed by atoms with Crippen molar-refractivity contribution in [3.63, 3.8) is 0 Å². The Balaban J connectivity index is 2.07. The number of pyridine rings is 1. The Morgan fingerprint density at radius 3 is 2.89 bits per heavy atom. The molecule has 0 saturated heterocycles. The van der Waals surface area contributed by atoms with Gasteiger partial charge in [-0.2, -0.15) is 0 Å². The SMILES string of the molecule is CC1CCCC(O)(c2cncc3ccccc23)CC1. The van der Waals surface area contributed by atoms with Crippen molar-refractivity contribution >= 4 is 10.8 Å². The van der Waals surface area contributed by atoms with Crippen LogP contribution in [-0.2, 0) is 5.60 Å². The zero-order valence-corrected chi connectivity index (χ0v) is 11.5. The smallest absolute Gasteiger partial charge is 0.0917 e. The molecule has 1 aromatic carbocycles. The number of rotatable bonds is 1. The van der Waals surface area contributed by atoms with Crippen molar-refractivity contribution in [3.8, 4) is 0 Å². The van der Waals surface area contributed by atoms with Crippen LogP contribution in [0.25, 0.3) is 10.8 Å². The second-order valence-corrected chi connectivity index (χ2v) is 5.98. The maximum Gasteiger partial charge on any atom is 0.0917 e. The number of hydrogen-bond acceptors (Lipinski definition) is 2. The van der Waals surface area contributed by atoms with Gasteiger partial charge < -0.3 is 5.11 Å². The third-order valence-electron chi connectivity index (χ3n) is 4.51. The number of nitrogens with zero attached hydrogens (tertiary/aromatic N) is 1. The van der Waals surface area contributed by atoms with Crippen molar-refractivity contribution in [2.24, 2.45) is 5.92 Å². The summed E-state index contributed by atoms with van der Waals surface area (Å²) in [6.07, 6.45) is 8.86. The molecule has 2 aromatic rings. The molecule has 100 valence electrons. The van der Waals surface area contributed by atoms with Gasteiger partial charge in [0.05, 0.1) is 5.60 Å². The average Bonchev–Trinajstić information content (AvgIpc) is 2.61. The molecule has 1 aliphatic carbocycles. The summed E-state index contributed by atoms with van der Waals surface area (Å²) in [6, 6.07) is 8.22. The molecular formula is C17H21NO. The van der Waals surface area contributed by atoms with E-state index in [0.29, 0.717) is 0 Å². The van der Waals surface area contributed by atoms with Crippen LogP contribution in [0.1, 0.15) is 44.6 Å². The van der Waals surface area contributed by atoms with Crippen molar-refractivity contribution in [1.82, 2.24) is 4.98 Å². The minimum atomic E-state index is -0.696. The van der Waals surface area contributed by atoms with E-state index in [4.69, 9.17) is 0 Å². The highest BCUT2D eigenvalue weighted by Crippen LogP contribution is 2.40. The van der Waals surface area contributed by atoms with E-state index in [2.05, 4.69) is 24.0 Å². The highest BCUT2D eigenvalue weighted by atomic mass is 16.3. The first-order valence-corrected chi connectivity index (χ1v) is 7.25. The third-order valence-corrected chi connectivity index (χ3v) is 4.51. The summed E-state index contributed by atoms with van der Waals surface area (Å²) in [4.78, 5) is 4.32. The molecule has 0 radical (unpaired) electrons. The molecule has 0 aliphatic heterocycles. The highest BCUT2D eigenvalue weighted by Gasteiger charge is 2.33. The van der Waals surface area contributed by atoms with Crippen molar-refractivity contribution in [3.05, 3.63) is 42.2 Å². The fourth-order valence-electron chi connectivity index (χ4n) is 3.25. The van der Waals surface area contributed by atoms with Crippen LogP contribution in [0, 0.1) is 5.92 Å². The lowest BCUT2D eigenvalue weighted by Crippen LogP contribution is -2.25. The monoisotopic (exact) mass is 255 g/mol. The molecule has 1 N–H and O–H groups in total. The third kappa shape index (κ3) is 2.37. The Kier molecular flexibility index (Phi) is 3.28. The van der Waals surface area contributed by atoms with Crippen molar-refractivity contribution in [2.75, 3.05) is 0 Å². The Labute approximate surface area is 114 Å². The highest BCUT2D eigenvalue weighted by molar-refractivity contribution is 5.85. The van der Waals surface area contributed by atoms with Gasteiger partial charge in [-0.3, -0.25) is 4.98 Å². The molecule has 1 saturated carbocycles. The Morgan fingerprint density at radius 1 is 1.16 bits per heavy atom. The van der Waals surface area contributed by atoms with Gasteiger partial charge in [-0.25, -0.2) is 0 Å². The molecule has 1 aromatic heterocycles. The number of aromatic nitrogens is 1. The lowest BCUT2D eigenvalue weighted by molar-refractivity contribution is 0.0210. The molecule has 2 nitrogen and oxygen atoms in total. The molecule has 1 aliphatic rings. The van der Waals surface area contributed by atoms with Crippen LogP contribution in [0.5, 0.6) is 0 Å². The lowest BCUT2D eigenvalue weighted by atomic mass is 9.84. The Morgan fingerprint density at radius 2 is 2.00 bits per heavy atom. The lowest BCUT2D eigenvalue weighted by Gasteiger charge is -2.28. The van der Waals surface area contributed by atoms with Crippen LogP contribution >= 0.6 is 0 Å². The van der Waals surface area contributed by atoms with Gasteiger partial charge in [0.25, 0.3) is 0 Å². The van der Waals surface area contributed by atoms with Crippen molar-refractivity contribution in [1.29, 1.82) is 0 Å². The summed E-state index contributed by atoms with van der Waals surface area (Å²) in [5.74, 6) is 0.719. The second kappa shape index (κ2) is 4.93. The first kappa shape index (κ1) is 12.6. The normalized spacial score (nSPS) is 28.2. The molecular weight excluding hydrogens is 234 g/mol. The molecule has 19 heavy (non-hydrogen) atoms. The van der Waals surface area contributed by atoms with Crippen LogP contribution in [0.2, 0.25) is 0 Å². The van der Waals surface area contributed by atoms with Crippen LogP contribution in [0.15, 0.2) is 36.7 Å². The van der Waals surface area contributed by atoms with Gasteiger partial charge in [0.15, 0.2) is 0 Å². The van der Waals surface area contributed by atoms with E-state index >= 15 is 0 Å². The Hall–Kier alpha value is -1.41. The predicted octanol–water partition coefficient (Wildman–Crippen LogP) is 4.02. The average molecular weight is 255 g/mol. The van der Waals surface area contributed by atoms with E-state index in [1.54, 1.807) is 0 Å². The fourth-order valence-corrected chi connectivity index (χ4v) is 3.25. The fraction of sp³-hybridized carbons (Fsp3) is 0.471. The van der Waals surface area contributed by atoms with Crippen molar-refractivity contribution < 1.29 is 5.11 Å². The second-order valence-electron chi connectivity index (χ2n) is 5.98. The summed E-state index contributed by atoms with van der Waals surface area (Å²) in [6.45, 7) is 2.28. The van der Waals surface area contributed by atoms with Gasteiger partial charge in [-0.05, 0) is 37.0 Å². The van der Waals surface area contributed by atoms with Gasteiger partial charge in [-0.15, -0.1) is 0 Å². The molecule has 1 fully saturated rings. The van der Waals surface area contributed by atoms with E-state index in [0.717, 1.165) is 47.9 Å². The van der Waals surface area contributed by atoms with E-state index in [-0.39, 0.29) is 0 Å². The number of fused-ring (bicyclic) bond motifs is 1. The molecule has 2 heteroatoms. The summed E-state index contributed by atoms with van der Waals surface area (Å²) in [5.41, 5.74) is 0.318. The topological polar surface area (TPSA) is 33.1 Å². The van der Waals surface area contributed by atoms with Gasteiger partial charge in [0, 0.05) is 23.3 Å². The molecule has 0 amide bonds. The Bertz CT molecular complexity index is 575. The van der Waals surface area contributed by atoms with Crippen LogP contribution in [0.3, 0.4) is 0 Å². The number of benzene rings is 1. The van der Waals surface area contributed by atoms with Gasteiger partial charge in [0.1, 0.15) is 0 Å². The largest absolute Gasteiger partial charge is 0.385 e. The minimum Gasteiger partial charge on any atom is -0.385 e. The molecule has 2 atom stereocenters. The zero-order chi connectivity index (χ0) is 13.3. The molecule has 3 rings (SSSR count). The number of hydrogen-bond donors (Lipinski definition) is 1. The molecule has 0 spiro atoms. The standard InChI is InChI=1S/C17H21NO/c1-13-5-4-9-17(19,10-8-13)16-12-18-11-14-6-2-3-7-15(14)16/h2-3,6-7,11-13,19H,4-5,8-10H2,1H3. The van der Waals surface area contributed by atoms with Gasteiger partial charge in [0.2, 0.25) is 0 Å². The van der Waals surface area contributed by atoms with E-state index < -0.39 is 5.60 Å². The summed E-state index contributed by atoms with van der Waals surface area (Å²) in [5, 5.41) is 13.4. The van der Waals surface area contributed by atoms with Gasteiger partial charge >= 0.3 is 0 Å². The summed E-state index contributed by atoms with van der Waals surface area (Å²) < 4.78 is 0. The first-order valence-electron chi connectivity index (χ1n) is 7.25. The zero-order valence-electron chi connectivity index (χ0n) is 11.5. The van der Waals surface area contributed by atoms with Crippen molar-refractivity contribution in [2.45, 2.75) is 44.6 Å². The maximum atomic E-state index is 11.1. The molecule has 1 heterocycles. The van der Waals surface area contributed by atoms with E-state index in [9.17, 15) is 5.11 Å². The van der Waals surface area contributed by atoms with E-state index in [1.165, 1.54) is 6.42 Å². The molecule has 0 bridgehead atoms. The van der Waals surface area contributed by atoms with Crippen LogP contribution in [-0.4, -0.2) is 10.1 Å². The minimum absolute atomic E-state index is 0.696. The quantitative estimate of drug-likeness (QED) is 0.781. The maximum absolute atomic E-state index is 11.1. The van der Waals surface area contributed by atoms with Crippen LogP contribution < -0.4 is 0 Å². The predicted molar refractivity (Wildman–Crippen MR) is 77.9 cm³/mol. The van der Waals surface area contributed by atoms with Gasteiger partial charge in [-0.1, -0.05) is 37.6 Å².